The van der Waals surface area contributed by atoms with Gasteiger partial charge in [0.15, 0.2) is 0 Å². The van der Waals surface area contributed by atoms with Crippen molar-refractivity contribution in [1.29, 1.82) is 0 Å². The summed E-state index contributed by atoms with van der Waals surface area (Å²) in [6.45, 7) is 3.65. The molecule has 0 aliphatic rings. The molecule has 0 aliphatic heterocycles. The van der Waals surface area contributed by atoms with Gasteiger partial charge in [0.05, 0.1) is 0 Å². The highest BCUT2D eigenvalue weighted by Crippen LogP contribution is 2.20. The Morgan fingerprint density at radius 3 is 2.90 bits per heavy atom. The third-order valence-electron chi connectivity index (χ3n) is 2.60. The fourth-order valence-electron chi connectivity index (χ4n) is 1.55. The van der Waals surface area contributed by atoms with Gasteiger partial charge >= 0.3 is 0 Å². The molecule has 106 valence electrons. The number of nitrogens with one attached hydrogen (secondary N) is 1. The smallest absolute Gasteiger partial charge is 0.276 e. The number of hydrogen-bond acceptors (Lipinski definition) is 6. The Kier molecular flexibility index (Phi) is 4.62. The largest absolute Gasteiger partial charge is 0.416 e. The Balaban J connectivity index is 1.82. The lowest BCUT2D eigenvalue weighted by Crippen LogP contribution is -2.13. The molecule has 0 fully saturated rings. The van der Waals surface area contributed by atoms with Gasteiger partial charge in [-0.3, -0.25) is 4.79 Å². The number of nitrogens with zero attached hydrogens (tertiary/aromatic N) is 2. The minimum atomic E-state index is -0.0672. The number of aromatic nitrogens is 2. The summed E-state index contributed by atoms with van der Waals surface area (Å²) in [6.07, 6.45) is 0.361. The fraction of sp³-hybridized carbons (Fsp3) is 0.308. The van der Waals surface area contributed by atoms with Gasteiger partial charge in [-0.2, -0.15) is 0 Å². The molecule has 0 atom stereocenters. The molecule has 0 saturated carbocycles. The van der Waals surface area contributed by atoms with E-state index in [4.69, 9.17) is 10.2 Å². The molecule has 1 amide bonds. The van der Waals surface area contributed by atoms with Crippen LogP contribution in [-0.4, -0.2) is 21.9 Å². The molecule has 0 bridgehead atoms. The first-order valence-electron chi connectivity index (χ1n) is 6.13. The van der Waals surface area contributed by atoms with E-state index < -0.39 is 0 Å². The molecule has 0 radical (unpaired) electrons. The number of carbonyl (C=O) groups excluding carboxylic acids is 1. The average molecular weight is 292 g/mol. The molecule has 6 nitrogen and oxygen atoms in total. The average Bonchev–Trinajstić information content (AvgIpc) is 2.80. The summed E-state index contributed by atoms with van der Waals surface area (Å²) in [6, 6.07) is 5.43. The van der Waals surface area contributed by atoms with E-state index in [1.165, 1.54) is 11.8 Å². The van der Waals surface area contributed by atoms with Gasteiger partial charge in [-0.25, -0.2) is 0 Å². The Bertz CT molecular complexity index is 612. The van der Waals surface area contributed by atoms with Crippen LogP contribution in [-0.2, 0) is 4.79 Å². The van der Waals surface area contributed by atoms with Crippen LogP contribution < -0.4 is 11.1 Å². The summed E-state index contributed by atoms with van der Waals surface area (Å²) in [5.74, 6) is 1.03. The zero-order valence-corrected chi connectivity index (χ0v) is 12.2. The molecule has 0 unspecified atom stereocenters. The second-order valence-corrected chi connectivity index (χ2v) is 5.35. The lowest BCUT2D eigenvalue weighted by atomic mass is 10.2. The van der Waals surface area contributed by atoms with Crippen molar-refractivity contribution in [2.24, 2.45) is 0 Å². The van der Waals surface area contributed by atoms with Gasteiger partial charge in [-0.05, 0) is 24.6 Å². The van der Waals surface area contributed by atoms with Crippen molar-refractivity contribution in [3.63, 3.8) is 0 Å². The lowest BCUT2D eigenvalue weighted by molar-refractivity contribution is -0.115. The predicted molar refractivity (Wildman–Crippen MR) is 78.6 cm³/mol. The van der Waals surface area contributed by atoms with Crippen LogP contribution in [0.15, 0.2) is 27.8 Å². The summed E-state index contributed by atoms with van der Waals surface area (Å²) in [4.78, 5) is 11.8. The van der Waals surface area contributed by atoms with Crippen molar-refractivity contribution in [2.75, 3.05) is 16.8 Å². The van der Waals surface area contributed by atoms with E-state index in [0.29, 0.717) is 29.0 Å². The first-order chi connectivity index (χ1) is 9.54. The molecule has 7 heteroatoms. The molecule has 2 aromatic rings. The maximum Gasteiger partial charge on any atom is 0.276 e. The Morgan fingerprint density at radius 1 is 1.40 bits per heavy atom. The topological polar surface area (TPSA) is 94.0 Å². The van der Waals surface area contributed by atoms with Crippen LogP contribution in [0.25, 0.3) is 0 Å². The van der Waals surface area contributed by atoms with E-state index in [2.05, 4.69) is 15.5 Å². The summed E-state index contributed by atoms with van der Waals surface area (Å²) < 4.78 is 5.21. The van der Waals surface area contributed by atoms with Crippen LogP contribution in [0.4, 0.5) is 11.4 Å². The van der Waals surface area contributed by atoms with Gasteiger partial charge in [0.2, 0.25) is 11.8 Å². The van der Waals surface area contributed by atoms with Crippen LogP contribution in [0.5, 0.6) is 0 Å². The van der Waals surface area contributed by atoms with E-state index in [1.807, 2.05) is 13.0 Å². The second-order valence-electron chi connectivity index (χ2n) is 4.31. The molecule has 2 rings (SSSR count). The van der Waals surface area contributed by atoms with Crippen LogP contribution >= 0.6 is 11.8 Å². The van der Waals surface area contributed by atoms with E-state index in [-0.39, 0.29) is 5.91 Å². The highest BCUT2D eigenvalue weighted by Gasteiger charge is 2.08. The Hall–Kier alpha value is -2.02. The fourth-order valence-corrected chi connectivity index (χ4v) is 2.29. The molecule has 0 saturated heterocycles. The van der Waals surface area contributed by atoms with Crippen LogP contribution in [0.3, 0.4) is 0 Å². The predicted octanol–water partition coefficient (Wildman–Crippen LogP) is 2.39. The zero-order chi connectivity index (χ0) is 14.5. The molecular weight excluding hydrogens is 276 g/mol. The van der Waals surface area contributed by atoms with E-state index >= 15 is 0 Å². The summed E-state index contributed by atoms with van der Waals surface area (Å²) >= 11 is 1.36. The number of carbonyl (C=O) groups is 1. The van der Waals surface area contributed by atoms with Crippen molar-refractivity contribution in [1.82, 2.24) is 10.2 Å². The first kappa shape index (κ1) is 14.4. The van der Waals surface area contributed by atoms with Gasteiger partial charge in [0, 0.05) is 30.5 Å². The van der Waals surface area contributed by atoms with Crippen molar-refractivity contribution in [3.8, 4) is 0 Å². The Morgan fingerprint density at radius 2 is 2.20 bits per heavy atom. The first-order valence-corrected chi connectivity index (χ1v) is 7.12. The van der Waals surface area contributed by atoms with Gasteiger partial charge in [-0.1, -0.05) is 17.8 Å². The number of nitrogen functional groups attached to an aromatic ring is 1. The Labute approximate surface area is 121 Å². The van der Waals surface area contributed by atoms with Crippen LogP contribution in [0, 0.1) is 13.8 Å². The molecule has 0 aliphatic carbocycles. The number of thioether (sulfide) groups is 1. The van der Waals surface area contributed by atoms with E-state index in [0.717, 1.165) is 11.3 Å². The highest BCUT2D eigenvalue weighted by atomic mass is 32.2. The van der Waals surface area contributed by atoms with Crippen LogP contribution in [0.2, 0.25) is 0 Å². The normalized spacial score (nSPS) is 10.5. The van der Waals surface area contributed by atoms with Crippen molar-refractivity contribution in [3.05, 3.63) is 29.7 Å². The summed E-state index contributed by atoms with van der Waals surface area (Å²) in [5.41, 5.74) is 8.05. The maximum absolute atomic E-state index is 11.8. The number of nitrogens with two attached hydrogens (primary N) is 1. The third kappa shape index (κ3) is 3.99. The second kappa shape index (κ2) is 6.42. The summed E-state index contributed by atoms with van der Waals surface area (Å²) in [7, 11) is 0. The van der Waals surface area contributed by atoms with Gasteiger partial charge in [-0.15, -0.1) is 10.2 Å². The number of rotatable bonds is 5. The van der Waals surface area contributed by atoms with Gasteiger partial charge in [0.1, 0.15) is 0 Å². The summed E-state index contributed by atoms with van der Waals surface area (Å²) in [5, 5.41) is 10.9. The van der Waals surface area contributed by atoms with Crippen molar-refractivity contribution in [2.45, 2.75) is 25.5 Å². The number of hydrogen-bond donors (Lipinski definition) is 2. The monoisotopic (exact) mass is 292 g/mol. The standard InChI is InChI=1S/C13H16N4O2S/c1-8-3-4-10(14)7-11(8)15-12(18)5-6-20-13-17-16-9(2)19-13/h3-4,7H,5-6,14H2,1-2H3,(H,15,18). The van der Waals surface area contributed by atoms with E-state index in [1.54, 1.807) is 19.1 Å². The molecule has 20 heavy (non-hydrogen) atoms. The zero-order valence-electron chi connectivity index (χ0n) is 11.3. The molecular formula is C13H16N4O2S. The number of benzene rings is 1. The molecule has 1 aromatic carbocycles. The maximum atomic E-state index is 11.8. The van der Waals surface area contributed by atoms with E-state index in [9.17, 15) is 4.79 Å². The lowest BCUT2D eigenvalue weighted by Gasteiger charge is -2.08. The highest BCUT2D eigenvalue weighted by molar-refractivity contribution is 7.99. The quantitative estimate of drug-likeness (QED) is 0.649. The molecule has 0 spiro atoms. The number of aryl methyl sites for hydroxylation is 2. The number of anilines is 2. The van der Waals surface area contributed by atoms with Crippen LogP contribution in [0.1, 0.15) is 17.9 Å². The van der Waals surface area contributed by atoms with Gasteiger partial charge < -0.3 is 15.5 Å². The van der Waals surface area contributed by atoms with Crippen molar-refractivity contribution < 1.29 is 9.21 Å². The third-order valence-corrected chi connectivity index (χ3v) is 3.42. The molecule has 1 aromatic heterocycles. The minimum absolute atomic E-state index is 0.0672. The molecule has 3 N–H and O–H groups in total. The van der Waals surface area contributed by atoms with Crippen molar-refractivity contribution >= 4 is 29.0 Å². The number of amides is 1. The van der Waals surface area contributed by atoms with Gasteiger partial charge in [0.25, 0.3) is 5.22 Å². The SMILES string of the molecule is Cc1nnc(SCCC(=O)Nc2cc(N)ccc2C)o1. The minimum Gasteiger partial charge on any atom is -0.416 e. The molecule has 1 heterocycles.